The highest BCUT2D eigenvalue weighted by molar-refractivity contribution is 7.98. The fourth-order valence-corrected chi connectivity index (χ4v) is 3.67. The summed E-state index contributed by atoms with van der Waals surface area (Å²) >= 11 is 1.53. The molecule has 0 bridgehead atoms. The number of rotatable bonds is 9. The van der Waals surface area contributed by atoms with Crippen molar-refractivity contribution in [3.63, 3.8) is 0 Å². The van der Waals surface area contributed by atoms with Crippen LogP contribution in [0.4, 0.5) is 11.4 Å². The molecular weight excluding hydrogens is 388 g/mol. The summed E-state index contributed by atoms with van der Waals surface area (Å²) in [6, 6.07) is 14.9. The van der Waals surface area contributed by atoms with Gasteiger partial charge in [-0.2, -0.15) is 9.78 Å². The Morgan fingerprint density at radius 2 is 1.97 bits per heavy atom. The molecular formula is C20H22N6O2S. The maximum absolute atomic E-state index is 11.2. The Labute approximate surface area is 173 Å². The lowest BCUT2D eigenvalue weighted by atomic mass is 10.1. The predicted octanol–water partition coefficient (Wildman–Crippen LogP) is 4.21. The Bertz CT molecular complexity index is 986. The Morgan fingerprint density at radius 3 is 2.66 bits per heavy atom. The standard InChI is InChI=1S/C20H22N6O2S/c1-3-24(4-2)19-11-10-18(26(27)28)12-17(19)13-22-25-15-21-23-20(25)29-14-16-8-6-5-7-9-16/h5-13,15H,3-4,14H2,1-2H3/b22-13-. The van der Waals surface area contributed by atoms with E-state index in [-0.39, 0.29) is 5.69 Å². The summed E-state index contributed by atoms with van der Waals surface area (Å²) in [6.45, 7) is 5.67. The molecule has 0 amide bonds. The van der Waals surface area contributed by atoms with E-state index in [1.54, 1.807) is 17.0 Å². The van der Waals surface area contributed by atoms with Crippen LogP contribution in [0.15, 0.2) is 65.1 Å². The number of hydrogen-bond acceptors (Lipinski definition) is 7. The Morgan fingerprint density at radius 1 is 1.21 bits per heavy atom. The van der Waals surface area contributed by atoms with Crippen molar-refractivity contribution in [1.29, 1.82) is 0 Å². The van der Waals surface area contributed by atoms with Crippen LogP contribution < -0.4 is 4.90 Å². The van der Waals surface area contributed by atoms with Crippen LogP contribution in [0.2, 0.25) is 0 Å². The van der Waals surface area contributed by atoms with Crippen molar-refractivity contribution >= 4 is 29.4 Å². The van der Waals surface area contributed by atoms with Gasteiger partial charge >= 0.3 is 0 Å². The maximum atomic E-state index is 11.2. The Kier molecular flexibility index (Phi) is 6.96. The van der Waals surface area contributed by atoms with Crippen LogP contribution >= 0.6 is 11.8 Å². The first-order chi connectivity index (χ1) is 14.1. The summed E-state index contributed by atoms with van der Waals surface area (Å²) in [4.78, 5) is 12.9. The topological polar surface area (TPSA) is 89.5 Å². The van der Waals surface area contributed by atoms with Crippen LogP contribution in [-0.4, -0.2) is 39.1 Å². The smallest absolute Gasteiger partial charge is 0.270 e. The van der Waals surface area contributed by atoms with E-state index in [0.717, 1.165) is 24.5 Å². The lowest BCUT2D eigenvalue weighted by Gasteiger charge is -2.22. The van der Waals surface area contributed by atoms with Gasteiger partial charge in [0.15, 0.2) is 0 Å². The van der Waals surface area contributed by atoms with Gasteiger partial charge in [0.25, 0.3) is 5.69 Å². The average Bonchev–Trinajstić information content (AvgIpc) is 3.20. The van der Waals surface area contributed by atoms with Gasteiger partial charge in [0.05, 0.1) is 11.1 Å². The third kappa shape index (κ3) is 5.20. The zero-order chi connectivity index (χ0) is 20.6. The third-order valence-electron chi connectivity index (χ3n) is 4.36. The summed E-state index contributed by atoms with van der Waals surface area (Å²) in [5.74, 6) is 0.747. The number of anilines is 1. The number of benzene rings is 2. The molecule has 29 heavy (non-hydrogen) atoms. The van der Waals surface area contributed by atoms with Gasteiger partial charge in [0, 0.05) is 42.2 Å². The molecule has 3 aromatic rings. The highest BCUT2D eigenvalue weighted by atomic mass is 32.2. The number of nitro groups is 1. The van der Waals surface area contributed by atoms with E-state index < -0.39 is 4.92 Å². The van der Waals surface area contributed by atoms with Crippen LogP contribution in [0.5, 0.6) is 0 Å². The summed E-state index contributed by atoms with van der Waals surface area (Å²) in [7, 11) is 0. The Hall–Kier alpha value is -3.20. The quantitative estimate of drug-likeness (QED) is 0.227. The van der Waals surface area contributed by atoms with Crippen molar-refractivity contribution in [1.82, 2.24) is 14.9 Å². The van der Waals surface area contributed by atoms with E-state index in [4.69, 9.17) is 0 Å². The van der Waals surface area contributed by atoms with Gasteiger partial charge in [0.2, 0.25) is 5.16 Å². The van der Waals surface area contributed by atoms with Crippen LogP contribution in [0.3, 0.4) is 0 Å². The highest BCUT2D eigenvalue weighted by Gasteiger charge is 2.13. The van der Waals surface area contributed by atoms with E-state index in [0.29, 0.717) is 10.7 Å². The molecule has 0 saturated heterocycles. The minimum absolute atomic E-state index is 0.0322. The lowest BCUT2D eigenvalue weighted by Crippen LogP contribution is -2.23. The van der Waals surface area contributed by atoms with Gasteiger partial charge in [-0.15, -0.1) is 10.2 Å². The van der Waals surface area contributed by atoms with Crippen LogP contribution in [-0.2, 0) is 5.75 Å². The molecule has 150 valence electrons. The van der Waals surface area contributed by atoms with Crippen molar-refractivity contribution in [2.75, 3.05) is 18.0 Å². The minimum Gasteiger partial charge on any atom is -0.372 e. The van der Waals surface area contributed by atoms with Gasteiger partial charge in [-0.3, -0.25) is 10.1 Å². The number of hydrogen-bond donors (Lipinski definition) is 0. The molecule has 0 aliphatic heterocycles. The van der Waals surface area contributed by atoms with Gasteiger partial charge in [-0.05, 0) is 25.5 Å². The highest BCUT2D eigenvalue weighted by Crippen LogP contribution is 2.25. The Balaban J connectivity index is 1.85. The van der Waals surface area contributed by atoms with Crippen molar-refractivity contribution < 1.29 is 4.92 Å². The fourth-order valence-electron chi connectivity index (χ4n) is 2.85. The molecule has 1 heterocycles. The van der Waals surface area contributed by atoms with Crippen molar-refractivity contribution in [3.8, 4) is 0 Å². The summed E-state index contributed by atoms with van der Waals surface area (Å²) in [5, 5.41) is 24.4. The molecule has 0 fully saturated rings. The average molecular weight is 411 g/mol. The monoisotopic (exact) mass is 410 g/mol. The predicted molar refractivity (Wildman–Crippen MR) is 116 cm³/mol. The SMILES string of the molecule is CCN(CC)c1ccc([N+](=O)[O-])cc1/C=N\n1cnnc1SCc1ccccc1. The number of nitro benzene ring substituents is 1. The molecule has 0 saturated carbocycles. The molecule has 0 aliphatic rings. The normalized spacial score (nSPS) is 11.1. The molecule has 0 N–H and O–H groups in total. The molecule has 0 spiro atoms. The number of aromatic nitrogens is 3. The van der Waals surface area contributed by atoms with Crippen LogP contribution in [0.25, 0.3) is 0 Å². The molecule has 0 radical (unpaired) electrons. The second kappa shape index (κ2) is 9.83. The number of non-ortho nitro benzene ring substituents is 1. The summed E-state index contributed by atoms with van der Waals surface area (Å²) in [6.07, 6.45) is 3.15. The van der Waals surface area contributed by atoms with E-state index in [9.17, 15) is 10.1 Å². The zero-order valence-electron chi connectivity index (χ0n) is 16.3. The molecule has 0 unspecified atom stereocenters. The van der Waals surface area contributed by atoms with Crippen molar-refractivity contribution in [2.45, 2.75) is 24.8 Å². The molecule has 1 aromatic heterocycles. The second-order valence-electron chi connectivity index (χ2n) is 6.15. The van der Waals surface area contributed by atoms with E-state index >= 15 is 0 Å². The minimum atomic E-state index is -0.400. The summed E-state index contributed by atoms with van der Waals surface area (Å²) in [5.41, 5.74) is 2.79. The first-order valence-corrected chi connectivity index (χ1v) is 10.3. The third-order valence-corrected chi connectivity index (χ3v) is 5.36. The second-order valence-corrected chi connectivity index (χ2v) is 7.09. The van der Waals surface area contributed by atoms with E-state index in [1.165, 1.54) is 35.8 Å². The largest absolute Gasteiger partial charge is 0.372 e. The van der Waals surface area contributed by atoms with Gasteiger partial charge in [-0.1, -0.05) is 42.1 Å². The maximum Gasteiger partial charge on any atom is 0.270 e. The van der Waals surface area contributed by atoms with Crippen LogP contribution in [0.1, 0.15) is 25.0 Å². The fraction of sp³-hybridized carbons (Fsp3) is 0.250. The van der Waals surface area contributed by atoms with Gasteiger partial charge < -0.3 is 4.90 Å². The van der Waals surface area contributed by atoms with Crippen LogP contribution in [0, 0.1) is 10.1 Å². The molecule has 2 aromatic carbocycles. The molecule has 0 aliphatic carbocycles. The number of thioether (sulfide) groups is 1. The zero-order valence-corrected chi connectivity index (χ0v) is 17.1. The van der Waals surface area contributed by atoms with Gasteiger partial charge in [-0.25, -0.2) is 0 Å². The molecule has 0 atom stereocenters. The first-order valence-electron chi connectivity index (χ1n) is 9.26. The van der Waals surface area contributed by atoms with Gasteiger partial charge in [0.1, 0.15) is 6.33 Å². The first kappa shape index (κ1) is 20.5. The van der Waals surface area contributed by atoms with Crippen molar-refractivity contribution in [2.24, 2.45) is 5.10 Å². The summed E-state index contributed by atoms with van der Waals surface area (Å²) < 4.78 is 1.58. The molecule has 9 heteroatoms. The molecule has 3 rings (SSSR count). The lowest BCUT2D eigenvalue weighted by molar-refractivity contribution is -0.384. The number of nitrogens with zero attached hydrogens (tertiary/aromatic N) is 6. The van der Waals surface area contributed by atoms with E-state index in [2.05, 4.69) is 32.3 Å². The van der Waals surface area contributed by atoms with E-state index in [1.807, 2.05) is 32.0 Å². The molecule has 8 nitrogen and oxygen atoms in total. The van der Waals surface area contributed by atoms with Crippen molar-refractivity contribution in [3.05, 3.63) is 76.1 Å².